The lowest BCUT2D eigenvalue weighted by Gasteiger charge is -2.06. The van der Waals surface area contributed by atoms with Crippen LogP contribution in [0.5, 0.6) is 0 Å². The number of hydrogen-bond donors (Lipinski definition) is 2. The van der Waals surface area contributed by atoms with Crippen molar-refractivity contribution in [3.8, 4) is 0 Å². The highest BCUT2D eigenvalue weighted by Gasteiger charge is 2.12. The van der Waals surface area contributed by atoms with E-state index >= 15 is 0 Å². The molecule has 0 unspecified atom stereocenters. The fourth-order valence-corrected chi connectivity index (χ4v) is 2.41. The van der Waals surface area contributed by atoms with Crippen LogP contribution in [-0.4, -0.2) is 26.7 Å². The first-order valence-electron chi connectivity index (χ1n) is 5.29. The van der Waals surface area contributed by atoms with Gasteiger partial charge in [-0.3, -0.25) is 0 Å². The van der Waals surface area contributed by atoms with Crippen LogP contribution in [-0.2, 0) is 16.4 Å². The summed E-state index contributed by atoms with van der Waals surface area (Å²) in [5.41, 5.74) is 1.13. The SMILES string of the molecule is CCCc1ccc(S(=O)(=O)NCCO)cc1. The molecule has 1 aromatic carbocycles. The Morgan fingerprint density at radius 2 is 1.88 bits per heavy atom. The van der Waals surface area contributed by atoms with Crippen LogP contribution in [0.15, 0.2) is 29.2 Å². The van der Waals surface area contributed by atoms with Gasteiger partial charge in [-0.1, -0.05) is 25.5 Å². The Bertz CT molecular complexity index is 411. The summed E-state index contributed by atoms with van der Waals surface area (Å²) in [6.45, 7) is 1.92. The summed E-state index contributed by atoms with van der Waals surface area (Å²) in [5.74, 6) is 0. The van der Waals surface area contributed by atoms with E-state index in [1.165, 1.54) is 0 Å². The summed E-state index contributed by atoms with van der Waals surface area (Å²) >= 11 is 0. The number of rotatable bonds is 6. The molecule has 0 atom stereocenters. The van der Waals surface area contributed by atoms with Gasteiger partial charge in [-0.2, -0.15) is 0 Å². The standard InChI is InChI=1S/C11H17NO3S/c1-2-3-10-4-6-11(7-5-10)16(14,15)12-8-9-13/h4-7,12-13H,2-3,8-9H2,1H3. The smallest absolute Gasteiger partial charge is 0.240 e. The van der Waals surface area contributed by atoms with Gasteiger partial charge >= 0.3 is 0 Å². The molecule has 16 heavy (non-hydrogen) atoms. The van der Waals surface area contributed by atoms with Crippen molar-refractivity contribution in [1.82, 2.24) is 4.72 Å². The van der Waals surface area contributed by atoms with Gasteiger partial charge in [-0.15, -0.1) is 0 Å². The number of nitrogens with one attached hydrogen (secondary N) is 1. The monoisotopic (exact) mass is 243 g/mol. The quantitative estimate of drug-likeness (QED) is 0.780. The predicted octanol–water partition coefficient (Wildman–Crippen LogP) is 0.910. The Morgan fingerprint density at radius 1 is 1.25 bits per heavy atom. The highest BCUT2D eigenvalue weighted by Crippen LogP contribution is 2.11. The van der Waals surface area contributed by atoms with Crippen molar-refractivity contribution < 1.29 is 13.5 Å². The summed E-state index contributed by atoms with van der Waals surface area (Å²) in [7, 11) is -3.46. The molecule has 1 aromatic rings. The molecule has 90 valence electrons. The molecule has 2 N–H and O–H groups in total. The fraction of sp³-hybridized carbons (Fsp3) is 0.455. The first-order chi connectivity index (χ1) is 7.60. The molecular weight excluding hydrogens is 226 g/mol. The predicted molar refractivity (Wildman–Crippen MR) is 62.7 cm³/mol. The zero-order valence-corrected chi connectivity index (χ0v) is 10.1. The first kappa shape index (κ1) is 13.2. The van der Waals surface area contributed by atoms with Crippen LogP contribution in [0, 0.1) is 0 Å². The van der Waals surface area contributed by atoms with Gasteiger partial charge in [-0.25, -0.2) is 13.1 Å². The van der Waals surface area contributed by atoms with Crippen molar-refractivity contribution in [2.24, 2.45) is 0 Å². The largest absolute Gasteiger partial charge is 0.395 e. The van der Waals surface area contributed by atoms with E-state index in [2.05, 4.69) is 11.6 Å². The maximum atomic E-state index is 11.6. The van der Waals surface area contributed by atoms with Crippen molar-refractivity contribution in [2.45, 2.75) is 24.7 Å². The van der Waals surface area contributed by atoms with E-state index in [4.69, 9.17) is 5.11 Å². The summed E-state index contributed by atoms with van der Waals surface area (Å²) in [4.78, 5) is 0.237. The minimum absolute atomic E-state index is 0.0407. The molecule has 0 saturated carbocycles. The summed E-state index contributed by atoms with van der Waals surface area (Å²) in [6, 6.07) is 6.81. The molecule has 0 amide bonds. The molecule has 1 rings (SSSR count). The first-order valence-corrected chi connectivity index (χ1v) is 6.78. The van der Waals surface area contributed by atoms with E-state index in [9.17, 15) is 8.42 Å². The molecule has 0 aromatic heterocycles. The van der Waals surface area contributed by atoms with E-state index in [1.54, 1.807) is 12.1 Å². The van der Waals surface area contributed by atoms with Crippen molar-refractivity contribution in [2.75, 3.05) is 13.2 Å². The zero-order valence-electron chi connectivity index (χ0n) is 9.31. The summed E-state index contributed by atoms with van der Waals surface area (Å²) < 4.78 is 25.6. The van der Waals surface area contributed by atoms with Crippen molar-refractivity contribution in [1.29, 1.82) is 0 Å². The second-order valence-corrected chi connectivity index (χ2v) is 5.28. The Morgan fingerprint density at radius 3 is 2.38 bits per heavy atom. The van der Waals surface area contributed by atoms with Crippen LogP contribution < -0.4 is 4.72 Å². The molecule has 0 aliphatic rings. The van der Waals surface area contributed by atoms with Gasteiger partial charge in [-0.05, 0) is 24.1 Å². The van der Waals surface area contributed by atoms with E-state index in [0.29, 0.717) is 0 Å². The second kappa shape index (κ2) is 5.98. The summed E-state index contributed by atoms with van der Waals surface area (Å²) in [6.07, 6.45) is 1.99. The van der Waals surface area contributed by atoms with Gasteiger partial charge in [0.1, 0.15) is 0 Å². The Balaban J connectivity index is 2.80. The van der Waals surface area contributed by atoms with Crippen molar-refractivity contribution >= 4 is 10.0 Å². The van der Waals surface area contributed by atoms with Crippen LogP contribution in [0.4, 0.5) is 0 Å². The van der Waals surface area contributed by atoms with Crippen LogP contribution in [0.2, 0.25) is 0 Å². The molecule has 0 spiro atoms. The van der Waals surface area contributed by atoms with Crippen LogP contribution in [0.3, 0.4) is 0 Å². The summed E-state index contributed by atoms with van der Waals surface area (Å²) in [5, 5.41) is 8.56. The number of hydrogen-bond acceptors (Lipinski definition) is 3. The molecule has 0 aliphatic carbocycles. The second-order valence-electron chi connectivity index (χ2n) is 3.52. The molecule has 0 heterocycles. The van der Waals surface area contributed by atoms with Gasteiger partial charge in [0.2, 0.25) is 10.0 Å². The van der Waals surface area contributed by atoms with Crippen molar-refractivity contribution in [3.05, 3.63) is 29.8 Å². The van der Waals surface area contributed by atoms with Gasteiger partial charge in [0.05, 0.1) is 11.5 Å². The van der Waals surface area contributed by atoms with Crippen LogP contribution in [0.25, 0.3) is 0 Å². The van der Waals surface area contributed by atoms with Gasteiger partial charge in [0.15, 0.2) is 0 Å². The van der Waals surface area contributed by atoms with Gasteiger partial charge < -0.3 is 5.11 Å². The average molecular weight is 243 g/mol. The molecule has 0 radical (unpaired) electrons. The lowest BCUT2D eigenvalue weighted by atomic mass is 10.1. The Kier molecular flexibility index (Phi) is 4.92. The Hall–Kier alpha value is -0.910. The van der Waals surface area contributed by atoms with E-state index in [0.717, 1.165) is 18.4 Å². The molecule has 0 bridgehead atoms. The molecule has 4 nitrogen and oxygen atoms in total. The highest BCUT2D eigenvalue weighted by molar-refractivity contribution is 7.89. The normalized spacial score (nSPS) is 11.6. The minimum Gasteiger partial charge on any atom is -0.395 e. The maximum Gasteiger partial charge on any atom is 0.240 e. The topological polar surface area (TPSA) is 66.4 Å². The molecule has 5 heteroatoms. The number of benzene rings is 1. The van der Waals surface area contributed by atoms with Gasteiger partial charge in [0.25, 0.3) is 0 Å². The lowest BCUT2D eigenvalue weighted by molar-refractivity contribution is 0.301. The third-order valence-corrected chi connectivity index (χ3v) is 3.65. The molecular formula is C11H17NO3S. The van der Waals surface area contributed by atoms with E-state index in [1.807, 2.05) is 12.1 Å². The van der Waals surface area contributed by atoms with Crippen LogP contribution in [0.1, 0.15) is 18.9 Å². The highest BCUT2D eigenvalue weighted by atomic mass is 32.2. The Labute approximate surface area is 96.4 Å². The number of aliphatic hydroxyl groups is 1. The van der Waals surface area contributed by atoms with Gasteiger partial charge in [0, 0.05) is 6.54 Å². The van der Waals surface area contributed by atoms with Crippen LogP contribution >= 0.6 is 0 Å². The molecule has 0 aliphatic heterocycles. The number of sulfonamides is 1. The maximum absolute atomic E-state index is 11.6. The molecule has 0 fully saturated rings. The van der Waals surface area contributed by atoms with E-state index < -0.39 is 10.0 Å². The average Bonchev–Trinajstić information content (AvgIpc) is 2.28. The fourth-order valence-electron chi connectivity index (χ4n) is 1.39. The third-order valence-electron chi connectivity index (χ3n) is 2.18. The zero-order chi connectivity index (χ0) is 12.0. The minimum atomic E-state index is -3.46. The van der Waals surface area contributed by atoms with E-state index in [-0.39, 0.29) is 18.0 Å². The molecule has 0 saturated heterocycles. The van der Waals surface area contributed by atoms with Crippen molar-refractivity contribution in [3.63, 3.8) is 0 Å². The lowest BCUT2D eigenvalue weighted by Crippen LogP contribution is -2.26. The number of aryl methyl sites for hydroxylation is 1. The number of aliphatic hydroxyl groups excluding tert-OH is 1. The third kappa shape index (κ3) is 3.59.